The van der Waals surface area contributed by atoms with Gasteiger partial charge in [-0.25, -0.2) is 5.06 Å². The van der Waals surface area contributed by atoms with Crippen LogP contribution >= 0.6 is 11.8 Å². The van der Waals surface area contributed by atoms with E-state index in [9.17, 15) is 10.0 Å². The van der Waals surface area contributed by atoms with Crippen molar-refractivity contribution in [2.75, 3.05) is 6.54 Å². The normalized spacial score (nSPS) is 19.0. The van der Waals surface area contributed by atoms with Crippen molar-refractivity contribution in [1.82, 2.24) is 5.06 Å². The van der Waals surface area contributed by atoms with E-state index in [1.807, 2.05) is 30.3 Å². The first-order valence-corrected chi connectivity index (χ1v) is 8.44. The summed E-state index contributed by atoms with van der Waals surface area (Å²) >= 11 is 1.54. The number of nitrogens with zero attached hydrogens (tertiary/aromatic N) is 1. The summed E-state index contributed by atoms with van der Waals surface area (Å²) in [6.45, 7) is 0.447. The Morgan fingerprint density at radius 3 is 2.36 bits per heavy atom. The molecule has 4 heteroatoms. The molecule has 114 valence electrons. The van der Waals surface area contributed by atoms with Gasteiger partial charge in [0, 0.05) is 11.4 Å². The highest BCUT2D eigenvalue weighted by Gasteiger charge is 2.26. The predicted molar refractivity (Wildman–Crippen MR) is 88.9 cm³/mol. The summed E-state index contributed by atoms with van der Waals surface area (Å²) in [6, 6.07) is 18.5. The lowest BCUT2D eigenvalue weighted by atomic mass is 10.1. The van der Waals surface area contributed by atoms with E-state index in [4.69, 9.17) is 0 Å². The second kappa shape index (κ2) is 6.99. The number of benzene rings is 2. The molecule has 1 amide bonds. The molecule has 0 radical (unpaired) electrons. The Morgan fingerprint density at radius 1 is 0.955 bits per heavy atom. The molecule has 0 aromatic heterocycles. The molecular weight excluding hydrogens is 294 g/mol. The molecule has 3 rings (SSSR count). The summed E-state index contributed by atoms with van der Waals surface area (Å²) in [6.07, 6.45) is 2.66. The van der Waals surface area contributed by atoms with Crippen molar-refractivity contribution >= 4 is 17.7 Å². The van der Waals surface area contributed by atoms with E-state index in [2.05, 4.69) is 24.3 Å². The standard InChI is InChI=1S/C18H19NO2S/c20-18-17(8-4-5-13-19(18)21)22-16-11-9-15(10-12-16)14-6-2-1-3-7-14/h1-3,6-7,9-12,17,21H,4-5,8,13H2. The molecule has 1 aliphatic rings. The highest BCUT2D eigenvalue weighted by atomic mass is 32.2. The first kappa shape index (κ1) is 15.1. The van der Waals surface area contributed by atoms with Crippen molar-refractivity contribution in [2.45, 2.75) is 29.4 Å². The van der Waals surface area contributed by atoms with Crippen molar-refractivity contribution in [3.63, 3.8) is 0 Å². The van der Waals surface area contributed by atoms with Crippen LogP contribution in [0.15, 0.2) is 59.5 Å². The molecule has 1 unspecified atom stereocenters. The Hall–Kier alpha value is -1.78. The fraction of sp³-hybridized carbons (Fsp3) is 0.278. The van der Waals surface area contributed by atoms with Gasteiger partial charge in [0.05, 0.1) is 5.25 Å². The molecule has 2 aromatic carbocycles. The zero-order valence-corrected chi connectivity index (χ0v) is 13.1. The van der Waals surface area contributed by atoms with E-state index in [1.165, 1.54) is 11.1 Å². The second-order valence-electron chi connectivity index (χ2n) is 5.45. The summed E-state index contributed by atoms with van der Waals surface area (Å²) < 4.78 is 0. The number of hydrogen-bond acceptors (Lipinski definition) is 3. The molecule has 0 bridgehead atoms. The molecule has 1 N–H and O–H groups in total. The number of amides is 1. The van der Waals surface area contributed by atoms with Gasteiger partial charge in [0.15, 0.2) is 0 Å². The number of thioether (sulfide) groups is 1. The highest BCUT2D eigenvalue weighted by molar-refractivity contribution is 8.00. The maximum absolute atomic E-state index is 12.1. The zero-order valence-electron chi connectivity index (χ0n) is 12.3. The molecular formula is C18H19NO2S. The fourth-order valence-electron chi connectivity index (χ4n) is 2.62. The summed E-state index contributed by atoms with van der Waals surface area (Å²) in [5.41, 5.74) is 2.35. The smallest absolute Gasteiger partial charge is 0.259 e. The van der Waals surface area contributed by atoms with Crippen LogP contribution in [0.25, 0.3) is 11.1 Å². The first-order chi connectivity index (χ1) is 10.7. The van der Waals surface area contributed by atoms with Gasteiger partial charge in [-0.15, -0.1) is 11.8 Å². The summed E-state index contributed by atoms with van der Waals surface area (Å²) in [5.74, 6) is -0.172. The van der Waals surface area contributed by atoms with Gasteiger partial charge in [-0.2, -0.15) is 0 Å². The van der Waals surface area contributed by atoms with Crippen LogP contribution < -0.4 is 0 Å². The Balaban J connectivity index is 1.72. The summed E-state index contributed by atoms with van der Waals surface area (Å²) in [4.78, 5) is 13.2. The number of carbonyl (C=O) groups is 1. The predicted octanol–water partition coefficient (Wildman–Crippen LogP) is 4.22. The average Bonchev–Trinajstić information content (AvgIpc) is 2.72. The van der Waals surface area contributed by atoms with Crippen molar-refractivity contribution in [3.05, 3.63) is 54.6 Å². The van der Waals surface area contributed by atoms with Crippen LogP contribution in [0.5, 0.6) is 0 Å². The first-order valence-electron chi connectivity index (χ1n) is 7.56. The molecule has 1 aliphatic heterocycles. The van der Waals surface area contributed by atoms with Gasteiger partial charge in [0.2, 0.25) is 0 Å². The van der Waals surface area contributed by atoms with Gasteiger partial charge < -0.3 is 0 Å². The maximum Gasteiger partial charge on any atom is 0.259 e. The van der Waals surface area contributed by atoms with Gasteiger partial charge in [0.25, 0.3) is 5.91 Å². The lowest BCUT2D eigenvalue weighted by molar-refractivity contribution is -0.163. The van der Waals surface area contributed by atoms with Crippen LogP contribution in [0.4, 0.5) is 0 Å². The SMILES string of the molecule is O=C1C(Sc2ccc(-c3ccccc3)cc2)CCCCN1O. The van der Waals surface area contributed by atoms with E-state index in [0.29, 0.717) is 6.54 Å². The Kier molecular flexibility index (Phi) is 4.80. The van der Waals surface area contributed by atoms with E-state index in [0.717, 1.165) is 29.2 Å². The molecule has 3 nitrogen and oxygen atoms in total. The fourth-order valence-corrected chi connectivity index (χ4v) is 3.75. The average molecular weight is 313 g/mol. The molecule has 2 aromatic rings. The monoisotopic (exact) mass is 313 g/mol. The molecule has 1 heterocycles. The van der Waals surface area contributed by atoms with E-state index in [-0.39, 0.29) is 11.2 Å². The molecule has 1 saturated heterocycles. The maximum atomic E-state index is 12.1. The van der Waals surface area contributed by atoms with Crippen molar-refractivity contribution in [2.24, 2.45) is 0 Å². The molecule has 22 heavy (non-hydrogen) atoms. The van der Waals surface area contributed by atoms with E-state index < -0.39 is 0 Å². The minimum absolute atomic E-state index is 0.172. The van der Waals surface area contributed by atoms with Crippen LogP contribution in [0.1, 0.15) is 19.3 Å². The van der Waals surface area contributed by atoms with Gasteiger partial charge in [-0.05, 0) is 42.5 Å². The summed E-state index contributed by atoms with van der Waals surface area (Å²) in [5, 5.41) is 10.4. The van der Waals surface area contributed by atoms with E-state index in [1.54, 1.807) is 11.8 Å². The van der Waals surface area contributed by atoms with Crippen LogP contribution in [0.3, 0.4) is 0 Å². The number of carbonyl (C=O) groups excluding carboxylic acids is 1. The van der Waals surface area contributed by atoms with E-state index >= 15 is 0 Å². The lowest BCUT2D eigenvalue weighted by Crippen LogP contribution is -2.33. The third-order valence-corrected chi connectivity index (χ3v) is 5.12. The van der Waals surface area contributed by atoms with Crippen LogP contribution in [0, 0.1) is 0 Å². The molecule has 1 atom stereocenters. The topological polar surface area (TPSA) is 40.5 Å². The second-order valence-corrected chi connectivity index (χ2v) is 6.73. The third kappa shape index (κ3) is 3.51. The molecule has 0 spiro atoms. The number of rotatable bonds is 3. The Labute approximate surface area is 134 Å². The number of hydroxylamine groups is 2. The minimum Gasteiger partial charge on any atom is -0.286 e. The lowest BCUT2D eigenvalue weighted by Gasteiger charge is -2.17. The van der Waals surface area contributed by atoms with Gasteiger partial charge >= 0.3 is 0 Å². The van der Waals surface area contributed by atoms with Crippen molar-refractivity contribution in [1.29, 1.82) is 0 Å². The quantitative estimate of drug-likeness (QED) is 0.863. The van der Waals surface area contributed by atoms with Gasteiger partial charge in [-0.3, -0.25) is 10.0 Å². The van der Waals surface area contributed by atoms with Crippen LogP contribution in [-0.4, -0.2) is 28.0 Å². The largest absolute Gasteiger partial charge is 0.286 e. The van der Waals surface area contributed by atoms with Gasteiger partial charge in [0.1, 0.15) is 0 Å². The third-order valence-electron chi connectivity index (χ3n) is 3.86. The van der Waals surface area contributed by atoms with Crippen LogP contribution in [-0.2, 0) is 4.79 Å². The summed E-state index contributed by atoms with van der Waals surface area (Å²) in [7, 11) is 0. The highest BCUT2D eigenvalue weighted by Crippen LogP contribution is 2.31. The molecule has 0 saturated carbocycles. The Morgan fingerprint density at radius 2 is 1.64 bits per heavy atom. The van der Waals surface area contributed by atoms with Crippen molar-refractivity contribution in [3.8, 4) is 11.1 Å². The van der Waals surface area contributed by atoms with Crippen LogP contribution in [0.2, 0.25) is 0 Å². The molecule has 1 fully saturated rings. The zero-order chi connectivity index (χ0) is 15.4. The van der Waals surface area contributed by atoms with Crippen molar-refractivity contribution < 1.29 is 10.0 Å². The molecule has 0 aliphatic carbocycles. The van der Waals surface area contributed by atoms with Gasteiger partial charge in [-0.1, -0.05) is 42.5 Å². The Bertz CT molecular complexity index is 627. The number of hydrogen-bond donors (Lipinski definition) is 1. The minimum atomic E-state index is -0.185.